The number of ether oxygens (including phenoxy) is 3. The number of nitrogens with one attached hydrogen (secondary N) is 1. The Labute approximate surface area is 106 Å². The summed E-state index contributed by atoms with van der Waals surface area (Å²) < 4.78 is 16.0. The number of anilines is 1. The van der Waals surface area contributed by atoms with E-state index in [4.69, 9.17) is 14.2 Å². The summed E-state index contributed by atoms with van der Waals surface area (Å²) in [6, 6.07) is 5.23. The van der Waals surface area contributed by atoms with E-state index in [2.05, 4.69) is 5.32 Å². The molecule has 1 aliphatic heterocycles. The third-order valence-corrected chi connectivity index (χ3v) is 2.19. The van der Waals surface area contributed by atoms with Gasteiger partial charge in [0.2, 0.25) is 0 Å². The number of hydrogen-bond donors (Lipinski definition) is 1. The zero-order valence-electron chi connectivity index (χ0n) is 10.8. The molecule has 1 aromatic carbocycles. The number of fused-ring (bicyclic) bond motifs is 1. The summed E-state index contributed by atoms with van der Waals surface area (Å²) in [4.78, 5) is 11.6. The topological polar surface area (TPSA) is 56.8 Å². The highest BCUT2D eigenvalue weighted by Gasteiger charge is 2.17. The molecule has 2 rings (SSSR count). The molecule has 0 radical (unpaired) electrons. The average Bonchev–Trinajstić information content (AvgIpc) is 2.26. The maximum atomic E-state index is 11.6. The second-order valence-corrected chi connectivity index (χ2v) is 4.99. The molecule has 0 atom stereocenters. The van der Waals surface area contributed by atoms with Gasteiger partial charge in [0.05, 0.1) is 0 Å². The van der Waals surface area contributed by atoms with Crippen LogP contribution < -0.4 is 14.8 Å². The maximum absolute atomic E-state index is 11.6. The van der Waals surface area contributed by atoms with Crippen LogP contribution in [-0.4, -0.2) is 24.9 Å². The van der Waals surface area contributed by atoms with Crippen LogP contribution in [0, 0.1) is 0 Å². The molecule has 1 aromatic rings. The quantitative estimate of drug-likeness (QED) is 0.833. The van der Waals surface area contributed by atoms with Gasteiger partial charge in [0.15, 0.2) is 11.5 Å². The van der Waals surface area contributed by atoms with Crippen molar-refractivity contribution in [3.05, 3.63) is 18.2 Å². The Morgan fingerprint density at radius 1 is 1.22 bits per heavy atom. The first-order valence-electron chi connectivity index (χ1n) is 5.84. The Hall–Kier alpha value is -1.91. The molecule has 98 valence electrons. The molecule has 0 aliphatic carbocycles. The molecule has 1 heterocycles. The van der Waals surface area contributed by atoms with Crippen molar-refractivity contribution in [2.24, 2.45) is 0 Å². The van der Waals surface area contributed by atoms with E-state index in [1.807, 2.05) is 20.8 Å². The van der Waals surface area contributed by atoms with E-state index in [-0.39, 0.29) is 0 Å². The highest BCUT2D eigenvalue weighted by Crippen LogP contribution is 2.32. The molecule has 0 fully saturated rings. The van der Waals surface area contributed by atoms with Gasteiger partial charge in [-0.05, 0) is 32.9 Å². The molecule has 0 spiro atoms. The molecule has 5 heteroatoms. The summed E-state index contributed by atoms with van der Waals surface area (Å²) in [5, 5.41) is 2.65. The Balaban J connectivity index is 2.04. The predicted octanol–water partition coefficient (Wildman–Crippen LogP) is 2.80. The van der Waals surface area contributed by atoms with Gasteiger partial charge >= 0.3 is 6.09 Å². The summed E-state index contributed by atoms with van der Waals surface area (Å²) in [5.41, 5.74) is 0.103. The SMILES string of the molecule is CC(C)(C)OC(=O)Nc1ccc2c(c1)OCCO2. The lowest BCUT2D eigenvalue weighted by atomic mass is 10.2. The summed E-state index contributed by atoms with van der Waals surface area (Å²) >= 11 is 0. The minimum atomic E-state index is -0.516. The van der Waals surface area contributed by atoms with Gasteiger partial charge in [0.25, 0.3) is 0 Å². The molecule has 1 aliphatic rings. The van der Waals surface area contributed by atoms with Gasteiger partial charge in [0.1, 0.15) is 18.8 Å². The van der Waals surface area contributed by atoms with E-state index in [1.165, 1.54) is 0 Å². The van der Waals surface area contributed by atoms with E-state index in [0.29, 0.717) is 30.4 Å². The minimum absolute atomic E-state index is 0.487. The second kappa shape index (κ2) is 4.76. The third kappa shape index (κ3) is 3.29. The van der Waals surface area contributed by atoms with Crippen LogP contribution in [0.2, 0.25) is 0 Å². The lowest BCUT2D eigenvalue weighted by Crippen LogP contribution is -2.27. The summed E-state index contributed by atoms with van der Waals surface area (Å²) in [6.07, 6.45) is -0.487. The van der Waals surface area contributed by atoms with Gasteiger partial charge in [0, 0.05) is 11.8 Å². The molecule has 5 nitrogen and oxygen atoms in total. The van der Waals surface area contributed by atoms with Gasteiger partial charge in [-0.15, -0.1) is 0 Å². The fraction of sp³-hybridized carbons (Fsp3) is 0.462. The van der Waals surface area contributed by atoms with Crippen LogP contribution in [0.4, 0.5) is 10.5 Å². The largest absolute Gasteiger partial charge is 0.486 e. The molecule has 0 aromatic heterocycles. The Bertz CT molecular complexity index is 451. The number of hydrogen-bond acceptors (Lipinski definition) is 4. The number of amides is 1. The fourth-order valence-corrected chi connectivity index (χ4v) is 1.54. The van der Waals surface area contributed by atoms with Crippen molar-refractivity contribution in [2.45, 2.75) is 26.4 Å². The van der Waals surface area contributed by atoms with Crippen LogP contribution >= 0.6 is 0 Å². The highest BCUT2D eigenvalue weighted by atomic mass is 16.6. The Kier molecular flexibility index (Phi) is 3.32. The van der Waals surface area contributed by atoms with Crippen LogP contribution in [0.25, 0.3) is 0 Å². The van der Waals surface area contributed by atoms with Crippen LogP contribution in [0.3, 0.4) is 0 Å². The number of benzene rings is 1. The summed E-state index contributed by atoms with van der Waals surface area (Å²) in [5.74, 6) is 1.32. The molecule has 0 unspecified atom stereocenters. The van der Waals surface area contributed by atoms with Crippen LogP contribution in [0.5, 0.6) is 11.5 Å². The zero-order chi connectivity index (χ0) is 13.2. The van der Waals surface area contributed by atoms with Gasteiger partial charge < -0.3 is 14.2 Å². The van der Waals surface area contributed by atoms with Crippen molar-refractivity contribution in [3.63, 3.8) is 0 Å². The maximum Gasteiger partial charge on any atom is 0.412 e. The molecular formula is C13H17NO4. The van der Waals surface area contributed by atoms with E-state index in [9.17, 15) is 4.79 Å². The van der Waals surface area contributed by atoms with Gasteiger partial charge in [-0.3, -0.25) is 5.32 Å². The number of carbonyl (C=O) groups excluding carboxylic acids is 1. The summed E-state index contributed by atoms with van der Waals surface area (Å²) in [6.45, 7) is 6.51. The molecule has 0 saturated heterocycles. The van der Waals surface area contributed by atoms with Crippen molar-refractivity contribution >= 4 is 11.8 Å². The Morgan fingerprint density at radius 3 is 2.56 bits per heavy atom. The number of carbonyl (C=O) groups is 1. The second-order valence-electron chi connectivity index (χ2n) is 4.99. The van der Waals surface area contributed by atoms with Crippen molar-refractivity contribution in [2.75, 3.05) is 18.5 Å². The Morgan fingerprint density at radius 2 is 1.89 bits per heavy atom. The molecule has 1 amide bonds. The van der Waals surface area contributed by atoms with Crippen molar-refractivity contribution < 1.29 is 19.0 Å². The molecule has 0 saturated carbocycles. The van der Waals surface area contributed by atoms with Gasteiger partial charge in [-0.25, -0.2) is 4.79 Å². The van der Waals surface area contributed by atoms with Crippen molar-refractivity contribution in [1.29, 1.82) is 0 Å². The molecule has 1 N–H and O–H groups in total. The zero-order valence-corrected chi connectivity index (χ0v) is 10.8. The first-order chi connectivity index (χ1) is 8.44. The van der Waals surface area contributed by atoms with Crippen LogP contribution in [0.15, 0.2) is 18.2 Å². The van der Waals surface area contributed by atoms with Crippen molar-refractivity contribution in [1.82, 2.24) is 0 Å². The smallest absolute Gasteiger partial charge is 0.412 e. The lowest BCUT2D eigenvalue weighted by Gasteiger charge is -2.21. The van der Waals surface area contributed by atoms with Crippen molar-refractivity contribution in [3.8, 4) is 11.5 Å². The fourth-order valence-electron chi connectivity index (χ4n) is 1.54. The van der Waals surface area contributed by atoms with E-state index < -0.39 is 11.7 Å². The first-order valence-corrected chi connectivity index (χ1v) is 5.84. The molecular weight excluding hydrogens is 234 g/mol. The van der Waals surface area contributed by atoms with Gasteiger partial charge in [-0.1, -0.05) is 0 Å². The van der Waals surface area contributed by atoms with Crippen LogP contribution in [-0.2, 0) is 4.74 Å². The third-order valence-electron chi connectivity index (χ3n) is 2.19. The van der Waals surface area contributed by atoms with E-state index in [0.717, 1.165) is 0 Å². The predicted molar refractivity (Wildman–Crippen MR) is 67.3 cm³/mol. The monoisotopic (exact) mass is 251 g/mol. The summed E-state index contributed by atoms with van der Waals surface area (Å²) in [7, 11) is 0. The molecule has 0 bridgehead atoms. The van der Waals surface area contributed by atoms with Gasteiger partial charge in [-0.2, -0.15) is 0 Å². The minimum Gasteiger partial charge on any atom is -0.486 e. The average molecular weight is 251 g/mol. The molecule has 18 heavy (non-hydrogen) atoms. The lowest BCUT2D eigenvalue weighted by molar-refractivity contribution is 0.0636. The standard InChI is InChI=1S/C13H17NO4/c1-13(2,3)18-12(15)14-9-4-5-10-11(8-9)17-7-6-16-10/h4-5,8H,6-7H2,1-3H3,(H,14,15). The normalized spacial score (nSPS) is 13.9. The first kappa shape index (κ1) is 12.5. The number of rotatable bonds is 1. The van der Waals surface area contributed by atoms with E-state index in [1.54, 1.807) is 18.2 Å². The highest BCUT2D eigenvalue weighted by molar-refractivity contribution is 5.85. The van der Waals surface area contributed by atoms with E-state index >= 15 is 0 Å². The van der Waals surface area contributed by atoms with Crippen LogP contribution in [0.1, 0.15) is 20.8 Å².